The normalized spacial score (nSPS) is 10.7. The Morgan fingerprint density at radius 3 is 2.76 bits per heavy atom. The maximum absolute atomic E-state index is 11.8. The number of halogens is 1. The Kier molecular flexibility index (Phi) is 7.11. The highest BCUT2D eigenvalue weighted by molar-refractivity contribution is 6.32. The smallest absolute Gasteiger partial charge is 0.289 e. The maximum Gasteiger partial charge on any atom is 0.289 e. The third-order valence-corrected chi connectivity index (χ3v) is 3.36. The molecule has 0 spiro atoms. The predicted molar refractivity (Wildman–Crippen MR) is 83.8 cm³/mol. The van der Waals surface area contributed by atoms with E-state index in [1.165, 1.54) is 12.1 Å². The predicted octanol–water partition coefficient (Wildman–Crippen LogP) is 3.31. The van der Waals surface area contributed by atoms with E-state index in [2.05, 4.69) is 17.1 Å². The minimum absolute atomic E-state index is 0.0531. The van der Waals surface area contributed by atoms with Gasteiger partial charge in [-0.2, -0.15) is 0 Å². The number of hydrogen-bond acceptors (Lipinski definition) is 4. The fourth-order valence-corrected chi connectivity index (χ4v) is 1.97. The van der Waals surface area contributed by atoms with Crippen molar-refractivity contribution < 1.29 is 9.72 Å². The first-order valence-electron chi connectivity index (χ1n) is 6.86. The summed E-state index contributed by atoms with van der Waals surface area (Å²) in [6, 6.07) is 4.22. The molecule has 0 saturated carbocycles. The summed E-state index contributed by atoms with van der Waals surface area (Å²) in [5.74, 6) is -0.171. The van der Waals surface area contributed by atoms with Crippen LogP contribution in [0, 0.1) is 10.1 Å². The number of nitro groups is 1. The van der Waals surface area contributed by atoms with Gasteiger partial charge in [0.15, 0.2) is 0 Å². The van der Waals surface area contributed by atoms with Crippen molar-refractivity contribution in [3.05, 3.63) is 33.3 Å². The lowest BCUT2D eigenvalue weighted by Crippen LogP contribution is -2.25. The molecule has 6 nitrogen and oxygen atoms in total. The summed E-state index contributed by atoms with van der Waals surface area (Å²) in [6.45, 7) is 3.73. The molecular weight excluding hydrogens is 294 g/mol. The molecule has 0 radical (unpaired) electrons. The number of hydrogen-bond donors (Lipinski definition) is 1. The third kappa shape index (κ3) is 6.10. The van der Waals surface area contributed by atoms with Crippen LogP contribution in [0.4, 0.5) is 11.4 Å². The summed E-state index contributed by atoms with van der Waals surface area (Å²) in [6.07, 6.45) is 2.56. The van der Waals surface area contributed by atoms with Crippen LogP contribution in [-0.4, -0.2) is 35.9 Å². The molecular formula is C14H20ClN3O3. The first-order chi connectivity index (χ1) is 9.93. The van der Waals surface area contributed by atoms with E-state index in [-0.39, 0.29) is 16.6 Å². The van der Waals surface area contributed by atoms with E-state index in [4.69, 9.17) is 11.6 Å². The average Bonchev–Trinajstić information content (AvgIpc) is 2.44. The van der Waals surface area contributed by atoms with E-state index in [1.807, 2.05) is 7.05 Å². The fraction of sp³-hybridized carbons (Fsp3) is 0.500. The van der Waals surface area contributed by atoms with Crippen molar-refractivity contribution in [3.63, 3.8) is 0 Å². The van der Waals surface area contributed by atoms with Crippen LogP contribution in [0.1, 0.15) is 26.2 Å². The number of rotatable bonds is 8. The number of carbonyl (C=O) groups is 1. The van der Waals surface area contributed by atoms with E-state index in [9.17, 15) is 14.9 Å². The lowest BCUT2D eigenvalue weighted by atomic mass is 10.2. The Bertz CT molecular complexity index is 508. The van der Waals surface area contributed by atoms with Gasteiger partial charge in [-0.15, -0.1) is 0 Å². The summed E-state index contributed by atoms with van der Waals surface area (Å²) in [5, 5.41) is 13.5. The molecule has 0 atom stereocenters. The van der Waals surface area contributed by atoms with E-state index < -0.39 is 4.92 Å². The van der Waals surface area contributed by atoms with E-state index >= 15 is 0 Å². The molecule has 116 valence electrons. The van der Waals surface area contributed by atoms with Gasteiger partial charge in [0.05, 0.1) is 4.92 Å². The SMILES string of the molecule is CCCCN(C)CCC(=O)Nc1ccc(Cl)c([N+](=O)[O-])c1. The van der Waals surface area contributed by atoms with E-state index in [0.29, 0.717) is 18.7 Å². The zero-order valence-corrected chi connectivity index (χ0v) is 13.0. The Labute approximate surface area is 129 Å². The second kappa shape index (κ2) is 8.59. The van der Waals surface area contributed by atoms with Gasteiger partial charge in [0.1, 0.15) is 5.02 Å². The molecule has 1 rings (SSSR count). The van der Waals surface area contributed by atoms with Gasteiger partial charge in [-0.05, 0) is 32.1 Å². The second-order valence-electron chi connectivity index (χ2n) is 4.88. The van der Waals surface area contributed by atoms with Gasteiger partial charge in [-0.1, -0.05) is 24.9 Å². The van der Waals surface area contributed by atoms with Crippen molar-refractivity contribution in [3.8, 4) is 0 Å². The minimum Gasteiger partial charge on any atom is -0.326 e. The molecule has 0 fully saturated rings. The first kappa shape index (κ1) is 17.4. The third-order valence-electron chi connectivity index (χ3n) is 3.04. The second-order valence-corrected chi connectivity index (χ2v) is 5.29. The summed E-state index contributed by atoms with van der Waals surface area (Å²) >= 11 is 5.72. The van der Waals surface area contributed by atoms with Crippen LogP contribution in [0.2, 0.25) is 5.02 Å². The average molecular weight is 314 g/mol. The van der Waals surface area contributed by atoms with Crippen LogP contribution in [0.3, 0.4) is 0 Å². The number of amides is 1. The first-order valence-corrected chi connectivity index (χ1v) is 7.24. The molecule has 0 unspecified atom stereocenters. The zero-order valence-electron chi connectivity index (χ0n) is 12.3. The molecule has 1 aromatic rings. The van der Waals surface area contributed by atoms with Gasteiger partial charge < -0.3 is 10.2 Å². The number of benzene rings is 1. The standard InChI is InChI=1S/C14H20ClN3O3/c1-3-4-8-17(2)9-7-14(19)16-11-5-6-12(15)13(10-11)18(20)21/h5-6,10H,3-4,7-9H2,1-2H3,(H,16,19). The van der Waals surface area contributed by atoms with Crippen molar-refractivity contribution in [2.24, 2.45) is 0 Å². The van der Waals surface area contributed by atoms with Crippen LogP contribution < -0.4 is 5.32 Å². The largest absolute Gasteiger partial charge is 0.326 e. The van der Waals surface area contributed by atoms with Crippen molar-refractivity contribution in [2.45, 2.75) is 26.2 Å². The minimum atomic E-state index is -0.573. The molecule has 1 N–H and O–H groups in total. The Balaban J connectivity index is 2.51. The molecule has 0 aliphatic rings. The van der Waals surface area contributed by atoms with Crippen molar-refractivity contribution in [2.75, 3.05) is 25.5 Å². The maximum atomic E-state index is 11.8. The molecule has 0 bridgehead atoms. The highest BCUT2D eigenvalue weighted by atomic mass is 35.5. The van der Waals surface area contributed by atoms with Crippen molar-refractivity contribution in [1.82, 2.24) is 4.90 Å². The van der Waals surface area contributed by atoms with Gasteiger partial charge >= 0.3 is 0 Å². The highest BCUT2D eigenvalue weighted by Gasteiger charge is 2.14. The topological polar surface area (TPSA) is 75.5 Å². The summed E-state index contributed by atoms with van der Waals surface area (Å²) in [7, 11) is 1.97. The number of anilines is 1. The Morgan fingerprint density at radius 1 is 1.43 bits per heavy atom. The van der Waals surface area contributed by atoms with Gasteiger partial charge in [0.2, 0.25) is 5.91 Å². The monoisotopic (exact) mass is 313 g/mol. The van der Waals surface area contributed by atoms with Gasteiger partial charge in [0.25, 0.3) is 5.69 Å². The van der Waals surface area contributed by atoms with Crippen LogP contribution in [0.15, 0.2) is 18.2 Å². The molecule has 0 aliphatic carbocycles. The van der Waals surface area contributed by atoms with Crippen molar-refractivity contribution >= 4 is 28.9 Å². The zero-order chi connectivity index (χ0) is 15.8. The van der Waals surface area contributed by atoms with Gasteiger partial charge in [-0.3, -0.25) is 14.9 Å². The number of carbonyl (C=O) groups excluding carboxylic acids is 1. The molecule has 7 heteroatoms. The molecule has 1 aromatic carbocycles. The van der Waals surface area contributed by atoms with Crippen LogP contribution in [0.25, 0.3) is 0 Å². The van der Waals surface area contributed by atoms with E-state index in [1.54, 1.807) is 6.07 Å². The van der Waals surface area contributed by atoms with Crippen LogP contribution in [0.5, 0.6) is 0 Å². The number of unbranched alkanes of at least 4 members (excludes halogenated alkanes) is 1. The van der Waals surface area contributed by atoms with Crippen LogP contribution >= 0.6 is 11.6 Å². The summed E-state index contributed by atoms with van der Waals surface area (Å²) in [5.41, 5.74) is 0.168. The molecule has 0 heterocycles. The molecule has 0 aromatic heterocycles. The van der Waals surface area contributed by atoms with Crippen LogP contribution in [-0.2, 0) is 4.79 Å². The molecule has 0 saturated heterocycles. The number of nitrogens with zero attached hydrogens (tertiary/aromatic N) is 2. The lowest BCUT2D eigenvalue weighted by molar-refractivity contribution is -0.384. The fourth-order valence-electron chi connectivity index (χ4n) is 1.79. The highest BCUT2D eigenvalue weighted by Crippen LogP contribution is 2.27. The Morgan fingerprint density at radius 2 is 2.14 bits per heavy atom. The van der Waals surface area contributed by atoms with E-state index in [0.717, 1.165) is 19.4 Å². The molecule has 21 heavy (non-hydrogen) atoms. The Hall–Kier alpha value is -1.66. The number of nitrogens with one attached hydrogen (secondary N) is 1. The van der Waals surface area contributed by atoms with Crippen molar-refractivity contribution in [1.29, 1.82) is 0 Å². The van der Waals surface area contributed by atoms with Gasteiger partial charge in [-0.25, -0.2) is 0 Å². The molecule has 0 aliphatic heterocycles. The quantitative estimate of drug-likeness (QED) is 0.590. The summed E-state index contributed by atoms with van der Waals surface area (Å²) in [4.78, 5) is 24.1. The molecule has 1 amide bonds. The number of nitro benzene ring substituents is 1. The van der Waals surface area contributed by atoms with Gasteiger partial charge in [0, 0.05) is 24.7 Å². The summed E-state index contributed by atoms with van der Waals surface area (Å²) < 4.78 is 0. The lowest BCUT2D eigenvalue weighted by Gasteiger charge is -2.15.